The first-order valence-corrected chi connectivity index (χ1v) is 5.26. The minimum absolute atomic E-state index is 0.00681. The molecule has 6 heteroatoms. The van der Waals surface area contributed by atoms with Crippen LogP contribution in [0.2, 0.25) is 0 Å². The van der Waals surface area contributed by atoms with E-state index in [2.05, 4.69) is 0 Å². The van der Waals surface area contributed by atoms with Crippen molar-refractivity contribution >= 4 is 22.5 Å². The van der Waals surface area contributed by atoms with Gasteiger partial charge in [-0.2, -0.15) is 0 Å². The molecule has 0 atom stereocenters. The van der Waals surface area contributed by atoms with Crippen LogP contribution in [-0.2, 0) is 4.79 Å². The summed E-state index contributed by atoms with van der Waals surface area (Å²) < 4.78 is 5.37. The van der Waals surface area contributed by atoms with E-state index in [9.17, 15) is 14.9 Å². The molecule has 17 heavy (non-hydrogen) atoms. The lowest BCUT2D eigenvalue weighted by Crippen LogP contribution is -2.34. The molecule has 0 fully saturated rings. The predicted molar refractivity (Wildman–Crippen MR) is 63.4 cm³/mol. The zero-order chi connectivity index (χ0) is 13.2. The highest BCUT2D eigenvalue weighted by molar-refractivity contribution is 6.65. The fraction of sp³-hybridized carbons (Fsp3) is 0.364. The Morgan fingerprint density at radius 1 is 1.47 bits per heavy atom. The lowest BCUT2D eigenvalue weighted by atomic mass is 10.1. The Hall–Kier alpha value is -1.62. The lowest BCUT2D eigenvalue weighted by molar-refractivity contribution is -0.385. The number of nitrogens with zero attached hydrogens (tertiary/aromatic N) is 1. The highest BCUT2D eigenvalue weighted by Crippen LogP contribution is 2.26. The van der Waals surface area contributed by atoms with Gasteiger partial charge in [0.1, 0.15) is 5.75 Å². The summed E-state index contributed by atoms with van der Waals surface area (Å²) in [5.41, 5.74) is -0.692. The molecule has 1 aromatic carbocycles. The van der Waals surface area contributed by atoms with Crippen LogP contribution in [-0.4, -0.2) is 15.8 Å². The number of ether oxygens (including phenoxy) is 1. The zero-order valence-corrected chi connectivity index (χ0v) is 10.4. The van der Waals surface area contributed by atoms with Gasteiger partial charge in [0.25, 0.3) is 10.9 Å². The van der Waals surface area contributed by atoms with Crippen molar-refractivity contribution in [2.24, 2.45) is 0 Å². The fourth-order valence-corrected chi connectivity index (χ4v) is 1.27. The molecule has 0 unspecified atom stereocenters. The third kappa shape index (κ3) is 3.17. The minimum atomic E-state index is -1.16. The van der Waals surface area contributed by atoms with Gasteiger partial charge in [0.15, 0.2) is 5.60 Å². The van der Waals surface area contributed by atoms with Crippen molar-refractivity contribution in [2.75, 3.05) is 0 Å². The Bertz CT molecular complexity index is 471. The van der Waals surface area contributed by atoms with E-state index in [0.717, 1.165) is 0 Å². The molecule has 1 aromatic rings. The SMILES string of the molecule is Cc1cc(OC(C)(C)C(=O)Cl)ccc1[N+](=O)[O-]. The highest BCUT2D eigenvalue weighted by atomic mass is 35.5. The Labute approximate surface area is 103 Å². The van der Waals surface area contributed by atoms with E-state index in [1.807, 2.05) is 0 Å². The number of carbonyl (C=O) groups excluding carboxylic acids is 1. The molecule has 0 saturated heterocycles. The molecule has 0 amide bonds. The Kier molecular flexibility index (Phi) is 3.72. The summed E-state index contributed by atoms with van der Waals surface area (Å²) in [6.45, 7) is 4.65. The summed E-state index contributed by atoms with van der Waals surface area (Å²) in [5, 5.41) is 9.99. The first kappa shape index (κ1) is 13.4. The van der Waals surface area contributed by atoms with Crippen LogP contribution in [0.3, 0.4) is 0 Å². The van der Waals surface area contributed by atoms with Gasteiger partial charge in [0, 0.05) is 11.6 Å². The molecule has 1 rings (SSSR count). The number of halogens is 1. The van der Waals surface area contributed by atoms with E-state index in [1.165, 1.54) is 32.0 Å². The monoisotopic (exact) mass is 257 g/mol. The van der Waals surface area contributed by atoms with Gasteiger partial charge in [-0.25, -0.2) is 0 Å². The van der Waals surface area contributed by atoms with Gasteiger partial charge in [-0.15, -0.1) is 0 Å². The molecule has 0 spiro atoms. The Morgan fingerprint density at radius 2 is 2.06 bits per heavy atom. The molecule has 0 heterocycles. The van der Waals surface area contributed by atoms with Crippen LogP contribution in [0.25, 0.3) is 0 Å². The van der Waals surface area contributed by atoms with Crippen LogP contribution in [0, 0.1) is 17.0 Å². The normalized spacial score (nSPS) is 11.1. The van der Waals surface area contributed by atoms with E-state index < -0.39 is 15.8 Å². The predicted octanol–water partition coefficient (Wildman–Crippen LogP) is 2.83. The Balaban J connectivity index is 2.99. The van der Waals surface area contributed by atoms with Crippen LogP contribution in [0.15, 0.2) is 18.2 Å². The van der Waals surface area contributed by atoms with E-state index in [1.54, 1.807) is 6.92 Å². The lowest BCUT2D eigenvalue weighted by Gasteiger charge is -2.22. The number of hydrogen-bond donors (Lipinski definition) is 0. The Morgan fingerprint density at radius 3 is 2.47 bits per heavy atom. The number of nitro groups is 1. The molecule has 92 valence electrons. The summed E-state index contributed by atoms with van der Waals surface area (Å²) in [5.74, 6) is 0.368. The van der Waals surface area contributed by atoms with Gasteiger partial charge in [-0.3, -0.25) is 14.9 Å². The molecular formula is C11H12ClNO4. The summed E-state index contributed by atoms with van der Waals surface area (Å²) >= 11 is 5.37. The van der Waals surface area contributed by atoms with E-state index in [-0.39, 0.29) is 5.69 Å². The maximum Gasteiger partial charge on any atom is 0.272 e. The van der Waals surface area contributed by atoms with Crippen molar-refractivity contribution in [1.29, 1.82) is 0 Å². The second-order valence-corrected chi connectivity index (χ2v) is 4.43. The van der Waals surface area contributed by atoms with E-state index >= 15 is 0 Å². The molecule has 0 saturated carbocycles. The summed E-state index contributed by atoms with van der Waals surface area (Å²) in [6.07, 6.45) is 0. The average Bonchev–Trinajstić information content (AvgIpc) is 2.15. The third-order valence-electron chi connectivity index (χ3n) is 2.21. The topological polar surface area (TPSA) is 69.4 Å². The van der Waals surface area contributed by atoms with E-state index in [0.29, 0.717) is 11.3 Å². The number of benzene rings is 1. The smallest absolute Gasteiger partial charge is 0.272 e. The maximum atomic E-state index is 11.1. The standard InChI is InChI=1S/C11H12ClNO4/c1-7-6-8(4-5-9(7)13(15)16)17-11(2,3)10(12)14/h4-6H,1-3H3. The number of rotatable bonds is 4. The fourth-order valence-electron chi connectivity index (χ4n) is 1.23. The van der Waals surface area contributed by atoms with Crippen molar-refractivity contribution in [3.05, 3.63) is 33.9 Å². The van der Waals surface area contributed by atoms with Gasteiger partial charge in [0.05, 0.1) is 4.92 Å². The summed E-state index contributed by atoms with van der Waals surface area (Å²) in [6, 6.07) is 4.27. The van der Waals surface area contributed by atoms with E-state index in [4.69, 9.17) is 16.3 Å². The minimum Gasteiger partial charge on any atom is -0.479 e. The molecule has 5 nitrogen and oxygen atoms in total. The summed E-state index contributed by atoms with van der Waals surface area (Å²) in [4.78, 5) is 21.2. The molecule has 0 radical (unpaired) electrons. The van der Waals surface area contributed by atoms with Crippen molar-refractivity contribution in [3.8, 4) is 5.75 Å². The van der Waals surface area contributed by atoms with Crippen LogP contribution < -0.4 is 4.74 Å². The molecule has 0 bridgehead atoms. The second kappa shape index (κ2) is 4.71. The third-order valence-corrected chi connectivity index (χ3v) is 2.67. The number of carbonyl (C=O) groups is 1. The second-order valence-electron chi connectivity index (χ2n) is 4.09. The zero-order valence-electron chi connectivity index (χ0n) is 9.69. The van der Waals surface area contributed by atoms with Gasteiger partial charge >= 0.3 is 0 Å². The van der Waals surface area contributed by atoms with Crippen LogP contribution in [0.5, 0.6) is 5.75 Å². The molecular weight excluding hydrogens is 246 g/mol. The molecule has 0 aliphatic carbocycles. The van der Waals surface area contributed by atoms with Crippen molar-refractivity contribution < 1.29 is 14.5 Å². The van der Waals surface area contributed by atoms with Crippen LogP contribution in [0.4, 0.5) is 5.69 Å². The maximum absolute atomic E-state index is 11.1. The van der Waals surface area contributed by atoms with Gasteiger partial charge < -0.3 is 4.74 Å². The van der Waals surface area contributed by atoms with Gasteiger partial charge in [0.2, 0.25) is 0 Å². The van der Waals surface area contributed by atoms with Gasteiger partial charge in [-0.1, -0.05) is 0 Å². The quantitative estimate of drug-likeness (QED) is 0.472. The molecule has 0 aliphatic rings. The number of aryl methyl sites for hydroxylation is 1. The average molecular weight is 258 g/mol. The van der Waals surface area contributed by atoms with Crippen molar-refractivity contribution in [2.45, 2.75) is 26.4 Å². The number of nitro benzene ring substituents is 1. The van der Waals surface area contributed by atoms with Crippen molar-refractivity contribution in [3.63, 3.8) is 0 Å². The van der Waals surface area contributed by atoms with Crippen LogP contribution >= 0.6 is 11.6 Å². The summed E-state index contributed by atoms with van der Waals surface area (Å²) in [7, 11) is 0. The molecule has 0 aliphatic heterocycles. The van der Waals surface area contributed by atoms with Crippen LogP contribution in [0.1, 0.15) is 19.4 Å². The molecule has 0 N–H and O–H groups in total. The first-order valence-electron chi connectivity index (χ1n) is 4.88. The largest absolute Gasteiger partial charge is 0.479 e. The van der Waals surface area contributed by atoms with Crippen molar-refractivity contribution in [1.82, 2.24) is 0 Å². The molecule has 0 aromatic heterocycles. The van der Waals surface area contributed by atoms with Gasteiger partial charge in [-0.05, 0) is 44.5 Å². The number of hydrogen-bond acceptors (Lipinski definition) is 4. The highest BCUT2D eigenvalue weighted by Gasteiger charge is 2.28. The first-order chi connectivity index (χ1) is 7.74.